The van der Waals surface area contributed by atoms with Crippen LogP contribution in [0.15, 0.2) is 4.99 Å². The van der Waals surface area contributed by atoms with Crippen molar-refractivity contribution >= 4 is 12.2 Å². The fourth-order valence-electron chi connectivity index (χ4n) is 0.583. The molecule has 0 bridgehead atoms. The molecule has 0 aliphatic rings. The van der Waals surface area contributed by atoms with Gasteiger partial charge in [-0.2, -0.15) is 0 Å². The Bertz CT molecular complexity index is 171. The van der Waals surface area contributed by atoms with Gasteiger partial charge in [-0.1, -0.05) is 0 Å². The molecule has 0 spiro atoms. The van der Waals surface area contributed by atoms with E-state index in [1.165, 1.54) is 0 Å². The molecule has 13 heavy (non-hydrogen) atoms. The van der Waals surface area contributed by atoms with Gasteiger partial charge in [-0.25, -0.2) is 4.79 Å². The smallest absolute Gasteiger partial charge is 0.439 e. The molecular formula is C8H15NO4. The van der Waals surface area contributed by atoms with Gasteiger partial charge in [-0.15, -0.1) is 4.99 Å². The number of hydrogen-bond acceptors (Lipinski definition) is 4. The number of carbonyl (C=O) groups is 1. The Morgan fingerprint density at radius 3 is 1.85 bits per heavy atom. The van der Waals surface area contributed by atoms with Gasteiger partial charge in [0.1, 0.15) is 0 Å². The van der Waals surface area contributed by atoms with Gasteiger partial charge < -0.3 is 14.2 Å². The summed E-state index contributed by atoms with van der Waals surface area (Å²) in [6, 6.07) is 0. The van der Waals surface area contributed by atoms with Crippen LogP contribution in [0.2, 0.25) is 0 Å². The number of ether oxygens (including phenoxy) is 3. The minimum absolute atomic E-state index is 0.0385. The van der Waals surface area contributed by atoms with Crippen molar-refractivity contribution in [2.24, 2.45) is 4.99 Å². The molecule has 1 amide bonds. The largest absolute Gasteiger partial charge is 0.451 e. The third kappa shape index (κ3) is 5.95. The van der Waals surface area contributed by atoms with Crippen LogP contribution in [0.4, 0.5) is 4.79 Å². The van der Waals surface area contributed by atoms with E-state index in [9.17, 15) is 4.79 Å². The number of rotatable bonds is 3. The first-order valence-corrected chi connectivity index (χ1v) is 4.25. The first-order chi connectivity index (χ1) is 6.24. The van der Waals surface area contributed by atoms with Gasteiger partial charge in [0.2, 0.25) is 0 Å². The zero-order valence-electron chi connectivity index (χ0n) is 8.20. The maximum absolute atomic E-state index is 10.8. The summed E-state index contributed by atoms with van der Waals surface area (Å²) in [5.74, 6) is 0. The molecule has 0 heterocycles. The van der Waals surface area contributed by atoms with E-state index in [1.807, 2.05) is 0 Å². The predicted octanol–water partition coefficient (Wildman–Crippen LogP) is 1.57. The quantitative estimate of drug-likeness (QED) is 0.499. The highest BCUT2D eigenvalue weighted by atomic mass is 16.7. The molecule has 0 unspecified atom stereocenters. The van der Waals surface area contributed by atoms with E-state index in [4.69, 9.17) is 9.47 Å². The van der Waals surface area contributed by atoms with Gasteiger partial charge in [-0.05, 0) is 20.8 Å². The van der Waals surface area contributed by atoms with Crippen LogP contribution >= 0.6 is 0 Å². The summed E-state index contributed by atoms with van der Waals surface area (Å²) < 4.78 is 14.4. The molecule has 0 aliphatic heterocycles. The SMILES string of the molecule is CCOC(=O)N=C(OCC)OCC. The monoisotopic (exact) mass is 189 g/mol. The fraction of sp³-hybridized carbons (Fsp3) is 0.750. The normalized spacial score (nSPS) is 8.85. The Kier molecular flexibility index (Phi) is 6.68. The molecule has 0 saturated carbocycles. The van der Waals surface area contributed by atoms with Crippen molar-refractivity contribution < 1.29 is 19.0 Å². The highest BCUT2D eigenvalue weighted by Gasteiger charge is 2.05. The molecule has 0 aromatic heterocycles. The number of hydrogen-bond donors (Lipinski definition) is 0. The summed E-state index contributed by atoms with van der Waals surface area (Å²) in [6.07, 6.45) is -0.733. The molecule has 5 nitrogen and oxygen atoms in total. The lowest BCUT2D eigenvalue weighted by atomic mass is 10.8. The summed E-state index contributed by atoms with van der Waals surface area (Å²) in [4.78, 5) is 14.3. The first-order valence-electron chi connectivity index (χ1n) is 4.25. The van der Waals surface area contributed by atoms with Crippen molar-refractivity contribution in [1.82, 2.24) is 0 Å². The van der Waals surface area contributed by atoms with Gasteiger partial charge >= 0.3 is 12.2 Å². The van der Waals surface area contributed by atoms with Crippen molar-refractivity contribution in [2.45, 2.75) is 20.8 Å². The molecule has 0 aromatic carbocycles. The van der Waals surface area contributed by atoms with Crippen LogP contribution in [0, 0.1) is 0 Å². The van der Waals surface area contributed by atoms with E-state index in [0.29, 0.717) is 13.2 Å². The number of aliphatic imine (C=N–C) groups is 1. The number of amides is 1. The fourth-order valence-corrected chi connectivity index (χ4v) is 0.583. The highest BCUT2D eigenvalue weighted by molar-refractivity contribution is 5.83. The topological polar surface area (TPSA) is 57.1 Å². The molecule has 0 aliphatic carbocycles. The molecule has 0 aromatic rings. The van der Waals surface area contributed by atoms with E-state index in [2.05, 4.69) is 9.73 Å². The third-order valence-electron chi connectivity index (χ3n) is 0.986. The molecule has 5 heteroatoms. The maximum atomic E-state index is 10.8. The van der Waals surface area contributed by atoms with Gasteiger partial charge in [0.25, 0.3) is 0 Å². The maximum Gasteiger partial charge on any atom is 0.439 e. The Hall–Kier alpha value is -1.26. The standard InChI is InChI=1S/C8H15NO4/c1-4-11-7(10)9-8(12-5-2)13-6-3/h4-6H2,1-3H3. The molecule has 0 rings (SSSR count). The van der Waals surface area contributed by atoms with E-state index >= 15 is 0 Å². The van der Waals surface area contributed by atoms with E-state index in [1.54, 1.807) is 20.8 Å². The van der Waals surface area contributed by atoms with Gasteiger partial charge in [0.15, 0.2) is 0 Å². The van der Waals surface area contributed by atoms with Crippen LogP contribution < -0.4 is 0 Å². The predicted molar refractivity (Wildman–Crippen MR) is 47.7 cm³/mol. The van der Waals surface area contributed by atoms with E-state index in [0.717, 1.165) is 0 Å². The molecule has 0 radical (unpaired) electrons. The average Bonchev–Trinajstić information content (AvgIpc) is 2.05. The third-order valence-corrected chi connectivity index (χ3v) is 0.986. The Morgan fingerprint density at radius 2 is 1.46 bits per heavy atom. The van der Waals surface area contributed by atoms with Crippen molar-refractivity contribution in [1.29, 1.82) is 0 Å². The molecule has 76 valence electrons. The second-order valence-electron chi connectivity index (χ2n) is 1.94. The summed E-state index contributed by atoms with van der Waals surface area (Å²) in [6.45, 7) is 6.35. The Balaban J connectivity index is 4.07. The molecule has 0 fully saturated rings. The molecule has 0 N–H and O–H groups in total. The first kappa shape index (κ1) is 11.7. The van der Waals surface area contributed by atoms with Crippen molar-refractivity contribution in [3.05, 3.63) is 0 Å². The second-order valence-corrected chi connectivity index (χ2v) is 1.94. The zero-order valence-corrected chi connectivity index (χ0v) is 8.20. The van der Waals surface area contributed by atoms with E-state index in [-0.39, 0.29) is 12.7 Å². The van der Waals surface area contributed by atoms with Crippen molar-refractivity contribution in [3.8, 4) is 0 Å². The van der Waals surface area contributed by atoms with Crippen LogP contribution in [0.25, 0.3) is 0 Å². The summed E-state index contributed by atoms with van der Waals surface area (Å²) in [5.41, 5.74) is 0. The minimum Gasteiger partial charge on any atom is -0.451 e. The Morgan fingerprint density at radius 1 is 1.00 bits per heavy atom. The van der Waals surface area contributed by atoms with Crippen LogP contribution in [0.1, 0.15) is 20.8 Å². The molecule has 0 saturated heterocycles. The van der Waals surface area contributed by atoms with E-state index < -0.39 is 6.09 Å². The lowest BCUT2D eigenvalue weighted by Crippen LogP contribution is -2.13. The summed E-state index contributed by atoms with van der Waals surface area (Å²) >= 11 is 0. The average molecular weight is 189 g/mol. The summed E-state index contributed by atoms with van der Waals surface area (Å²) in [7, 11) is 0. The highest BCUT2D eigenvalue weighted by Crippen LogP contribution is 1.90. The number of carbonyl (C=O) groups excluding carboxylic acids is 1. The van der Waals surface area contributed by atoms with Crippen molar-refractivity contribution in [3.63, 3.8) is 0 Å². The minimum atomic E-state index is -0.695. The summed E-state index contributed by atoms with van der Waals surface area (Å²) in [5, 5.41) is 0. The second kappa shape index (κ2) is 7.39. The Labute approximate surface area is 77.7 Å². The molecule has 0 atom stereocenters. The lowest BCUT2D eigenvalue weighted by molar-refractivity contribution is 0.152. The van der Waals surface area contributed by atoms with Crippen LogP contribution in [0.5, 0.6) is 0 Å². The van der Waals surface area contributed by atoms with Crippen LogP contribution in [-0.4, -0.2) is 32.0 Å². The van der Waals surface area contributed by atoms with Gasteiger partial charge in [0, 0.05) is 0 Å². The molecular weight excluding hydrogens is 174 g/mol. The zero-order chi connectivity index (χ0) is 10.1. The lowest BCUT2D eigenvalue weighted by Gasteiger charge is -2.05. The van der Waals surface area contributed by atoms with Crippen LogP contribution in [0.3, 0.4) is 0 Å². The van der Waals surface area contributed by atoms with Gasteiger partial charge in [0.05, 0.1) is 19.8 Å². The number of nitrogens with zero attached hydrogens (tertiary/aromatic N) is 1. The van der Waals surface area contributed by atoms with Crippen molar-refractivity contribution in [2.75, 3.05) is 19.8 Å². The van der Waals surface area contributed by atoms with Gasteiger partial charge in [-0.3, -0.25) is 0 Å². The van der Waals surface area contributed by atoms with Crippen LogP contribution in [-0.2, 0) is 14.2 Å².